The second-order valence-corrected chi connectivity index (χ2v) is 7.03. The van der Waals surface area contributed by atoms with Crippen LogP contribution in [0.15, 0.2) is 0 Å². The summed E-state index contributed by atoms with van der Waals surface area (Å²) in [6.07, 6.45) is 15.0. The molecular weight excluding hydrogens is 204 g/mol. The van der Waals surface area contributed by atoms with E-state index in [4.69, 9.17) is 0 Å². The van der Waals surface area contributed by atoms with Crippen LogP contribution in [0.2, 0.25) is 0 Å². The Labute approximate surface area is 109 Å². The Hall–Kier alpha value is 0. The molecule has 0 radical (unpaired) electrons. The highest BCUT2D eigenvalue weighted by Crippen LogP contribution is 2.62. The number of rotatable bonds is 7. The summed E-state index contributed by atoms with van der Waals surface area (Å²) in [6, 6.07) is 0. The van der Waals surface area contributed by atoms with E-state index >= 15 is 0 Å². The van der Waals surface area contributed by atoms with E-state index in [2.05, 4.69) is 20.8 Å². The van der Waals surface area contributed by atoms with E-state index in [1.165, 1.54) is 38.5 Å². The van der Waals surface area contributed by atoms with Gasteiger partial charge in [0.05, 0.1) is 0 Å². The minimum Gasteiger partial charge on any atom is -0.0654 e. The van der Waals surface area contributed by atoms with Crippen molar-refractivity contribution in [1.82, 2.24) is 0 Å². The number of fused-ring (bicyclic) bond motifs is 2. The van der Waals surface area contributed by atoms with Gasteiger partial charge >= 0.3 is 0 Å². The first-order valence-corrected chi connectivity index (χ1v) is 8.19. The van der Waals surface area contributed by atoms with Crippen LogP contribution in [-0.4, -0.2) is 0 Å². The molecule has 0 N–H and O–H groups in total. The zero-order valence-corrected chi connectivity index (χ0v) is 12.3. The van der Waals surface area contributed by atoms with E-state index in [1.807, 2.05) is 0 Å². The molecule has 0 nitrogen and oxygen atoms in total. The van der Waals surface area contributed by atoms with E-state index in [9.17, 15) is 0 Å². The van der Waals surface area contributed by atoms with Crippen molar-refractivity contribution in [2.75, 3.05) is 0 Å². The molecule has 100 valence electrons. The van der Waals surface area contributed by atoms with Gasteiger partial charge in [-0.2, -0.15) is 0 Å². The molecule has 2 fully saturated rings. The summed E-state index contributed by atoms with van der Waals surface area (Å²) >= 11 is 0. The average molecular weight is 236 g/mol. The van der Waals surface area contributed by atoms with E-state index in [-0.39, 0.29) is 0 Å². The smallest absolute Gasteiger partial charge is 0.0266 e. The summed E-state index contributed by atoms with van der Waals surface area (Å²) in [5.74, 6) is 3.12. The van der Waals surface area contributed by atoms with Gasteiger partial charge in [0.25, 0.3) is 0 Å². The van der Waals surface area contributed by atoms with Crippen molar-refractivity contribution in [2.45, 2.75) is 85.0 Å². The second kappa shape index (κ2) is 5.76. The van der Waals surface area contributed by atoms with Crippen LogP contribution in [0, 0.1) is 23.2 Å². The normalized spacial score (nSPS) is 40.1. The van der Waals surface area contributed by atoms with Gasteiger partial charge in [0.1, 0.15) is 0 Å². The van der Waals surface area contributed by atoms with E-state index in [0.717, 1.165) is 23.2 Å². The molecule has 0 aromatic heterocycles. The number of hydrogen-bond donors (Lipinski definition) is 0. The average Bonchev–Trinajstić information content (AvgIpc) is 2.85. The van der Waals surface area contributed by atoms with Crippen molar-refractivity contribution in [3.8, 4) is 0 Å². The SMILES string of the molecule is CCCCCCCCC12CCC(C1)C(C)C2C. The molecule has 0 aromatic rings. The second-order valence-electron chi connectivity index (χ2n) is 7.03. The van der Waals surface area contributed by atoms with Crippen LogP contribution in [0.4, 0.5) is 0 Å². The summed E-state index contributed by atoms with van der Waals surface area (Å²) in [5, 5.41) is 0. The van der Waals surface area contributed by atoms with Crippen molar-refractivity contribution >= 4 is 0 Å². The lowest BCUT2D eigenvalue weighted by Crippen LogP contribution is -2.27. The molecule has 0 heterocycles. The van der Waals surface area contributed by atoms with Gasteiger partial charge in [-0.05, 0) is 48.9 Å². The van der Waals surface area contributed by atoms with E-state index in [1.54, 1.807) is 25.7 Å². The Kier molecular flexibility index (Phi) is 4.55. The molecule has 4 atom stereocenters. The van der Waals surface area contributed by atoms with Crippen LogP contribution in [0.1, 0.15) is 85.0 Å². The molecule has 2 saturated carbocycles. The number of hydrogen-bond acceptors (Lipinski definition) is 0. The topological polar surface area (TPSA) is 0 Å². The van der Waals surface area contributed by atoms with Crippen LogP contribution in [0.3, 0.4) is 0 Å². The van der Waals surface area contributed by atoms with Crippen LogP contribution in [-0.2, 0) is 0 Å². The monoisotopic (exact) mass is 236 g/mol. The Morgan fingerprint density at radius 3 is 2.35 bits per heavy atom. The lowest BCUT2D eigenvalue weighted by atomic mass is 9.69. The van der Waals surface area contributed by atoms with E-state index in [0.29, 0.717) is 0 Å². The Morgan fingerprint density at radius 2 is 1.71 bits per heavy atom. The highest BCUT2D eigenvalue weighted by Gasteiger charge is 2.52. The molecule has 0 aromatic carbocycles. The van der Waals surface area contributed by atoms with Crippen molar-refractivity contribution < 1.29 is 0 Å². The predicted molar refractivity (Wildman–Crippen MR) is 76.1 cm³/mol. The third-order valence-electron chi connectivity index (χ3n) is 6.21. The molecule has 0 heteroatoms. The summed E-state index contributed by atoms with van der Waals surface area (Å²) < 4.78 is 0. The van der Waals surface area contributed by atoms with Crippen molar-refractivity contribution in [3.63, 3.8) is 0 Å². The Balaban J connectivity index is 1.68. The summed E-state index contributed by atoms with van der Waals surface area (Å²) in [4.78, 5) is 0. The van der Waals surface area contributed by atoms with Crippen LogP contribution in [0.25, 0.3) is 0 Å². The molecule has 0 aliphatic heterocycles. The lowest BCUT2D eigenvalue weighted by Gasteiger charge is -2.36. The largest absolute Gasteiger partial charge is 0.0654 e. The standard InChI is InChI=1S/C17H32/c1-4-5-6-7-8-9-11-17-12-10-16(13-17)14(2)15(17)3/h14-16H,4-13H2,1-3H3. The molecule has 0 amide bonds. The molecule has 0 saturated heterocycles. The molecular formula is C17H32. The minimum atomic E-state index is 0.787. The van der Waals surface area contributed by atoms with Crippen LogP contribution in [0.5, 0.6) is 0 Å². The van der Waals surface area contributed by atoms with Gasteiger partial charge in [0, 0.05) is 0 Å². The molecule has 2 rings (SSSR count). The summed E-state index contributed by atoms with van der Waals surface area (Å²) in [6.45, 7) is 7.36. The van der Waals surface area contributed by atoms with Gasteiger partial charge < -0.3 is 0 Å². The van der Waals surface area contributed by atoms with Crippen molar-refractivity contribution in [1.29, 1.82) is 0 Å². The fourth-order valence-corrected chi connectivity index (χ4v) is 4.74. The highest BCUT2D eigenvalue weighted by molar-refractivity contribution is 5.02. The maximum atomic E-state index is 2.54. The third-order valence-corrected chi connectivity index (χ3v) is 6.21. The first-order valence-electron chi connectivity index (χ1n) is 8.19. The van der Waals surface area contributed by atoms with Gasteiger partial charge in [-0.3, -0.25) is 0 Å². The van der Waals surface area contributed by atoms with Gasteiger partial charge in [-0.1, -0.05) is 59.3 Å². The lowest BCUT2D eigenvalue weighted by molar-refractivity contribution is 0.138. The molecule has 2 bridgehead atoms. The first-order chi connectivity index (χ1) is 8.19. The molecule has 2 aliphatic rings. The minimum absolute atomic E-state index is 0.787. The third kappa shape index (κ3) is 2.71. The highest BCUT2D eigenvalue weighted by atomic mass is 14.6. The summed E-state index contributed by atoms with van der Waals surface area (Å²) in [7, 11) is 0. The fraction of sp³-hybridized carbons (Fsp3) is 1.00. The van der Waals surface area contributed by atoms with Gasteiger partial charge in [0.15, 0.2) is 0 Å². The zero-order valence-electron chi connectivity index (χ0n) is 12.3. The number of unbranched alkanes of at least 4 members (excludes halogenated alkanes) is 5. The van der Waals surface area contributed by atoms with Gasteiger partial charge in [-0.25, -0.2) is 0 Å². The maximum Gasteiger partial charge on any atom is -0.0266 e. The fourth-order valence-electron chi connectivity index (χ4n) is 4.74. The van der Waals surface area contributed by atoms with Gasteiger partial charge in [0.2, 0.25) is 0 Å². The van der Waals surface area contributed by atoms with Crippen molar-refractivity contribution in [3.05, 3.63) is 0 Å². The van der Waals surface area contributed by atoms with Crippen LogP contribution < -0.4 is 0 Å². The molecule has 0 spiro atoms. The molecule has 17 heavy (non-hydrogen) atoms. The predicted octanol–water partition coefficient (Wildman–Crippen LogP) is 5.81. The maximum absolute atomic E-state index is 2.54. The summed E-state index contributed by atoms with van der Waals surface area (Å²) in [5.41, 5.74) is 0.787. The Morgan fingerprint density at radius 1 is 1.00 bits per heavy atom. The van der Waals surface area contributed by atoms with Gasteiger partial charge in [-0.15, -0.1) is 0 Å². The van der Waals surface area contributed by atoms with Crippen LogP contribution >= 0.6 is 0 Å². The Bertz CT molecular complexity index is 232. The first kappa shape index (κ1) is 13.4. The van der Waals surface area contributed by atoms with Crippen molar-refractivity contribution in [2.24, 2.45) is 23.2 Å². The molecule has 4 unspecified atom stereocenters. The zero-order chi connectivity index (χ0) is 12.3. The van der Waals surface area contributed by atoms with E-state index < -0.39 is 0 Å². The molecule has 2 aliphatic carbocycles. The quantitative estimate of drug-likeness (QED) is 0.489.